The van der Waals surface area contributed by atoms with E-state index < -0.39 is 0 Å². The van der Waals surface area contributed by atoms with Crippen LogP contribution < -0.4 is 0 Å². The van der Waals surface area contributed by atoms with Gasteiger partial charge in [0.1, 0.15) is 5.69 Å². The van der Waals surface area contributed by atoms with E-state index in [1.54, 1.807) is 0 Å². The first-order chi connectivity index (χ1) is 8.22. The van der Waals surface area contributed by atoms with Gasteiger partial charge in [0.2, 0.25) is 0 Å². The highest BCUT2D eigenvalue weighted by atomic mass is 32.1. The number of hydrogen-bond donors (Lipinski definition) is 1. The molecule has 0 spiro atoms. The van der Waals surface area contributed by atoms with Crippen molar-refractivity contribution < 1.29 is 9.90 Å². The van der Waals surface area contributed by atoms with Crippen LogP contribution in [0.25, 0.3) is 0 Å². The molecule has 17 heavy (non-hydrogen) atoms. The number of carbonyl (C=O) groups excluding carboxylic acids is 1. The number of aliphatic hydroxyl groups excluding tert-OH is 1. The Morgan fingerprint density at radius 1 is 1.65 bits per heavy atom. The van der Waals surface area contributed by atoms with Crippen LogP contribution in [-0.2, 0) is 0 Å². The van der Waals surface area contributed by atoms with E-state index >= 15 is 0 Å². The van der Waals surface area contributed by atoms with Gasteiger partial charge in [-0.2, -0.15) is 0 Å². The molecular weight excluding hydrogens is 236 g/mol. The molecule has 1 saturated heterocycles. The Morgan fingerprint density at radius 3 is 3.12 bits per heavy atom. The number of aryl methyl sites for hydroxylation is 1. The quantitative estimate of drug-likeness (QED) is 0.895. The van der Waals surface area contributed by atoms with Gasteiger partial charge in [-0.1, -0.05) is 0 Å². The summed E-state index contributed by atoms with van der Waals surface area (Å²) in [6, 6.07) is 0.184. The van der Waals surface area contributed by atoms with Crippen molar-refractivity contribution in [3.63, 3.8) is 0 Å². The third kappa shape index (κ3) is 2.84. The van der Waals surface area contributed by atoms with Gasteiger partial charge in [-0.05, 0) is 32.6 Å². The molecular formula is C12H18N2O2S. The smallest absolute Gasteiger partial charge is 0.273 e. The van der Waals surface area contributed by atoms with Crippen molar-refractivity contribution in [3.8, 4) is 0 Å². The van der Waals surface area contributed by atoms with Gasteiger partial charge < -0.3 is 10.0 Å². The molecule has 0 aliphatic carbocycles. The lowest BCUT2D eigenvalue weighted by Gasteiger charge is -2.35. The number of amides is 1. The zero-order valence-corrected chi connectivity index (χ0v) is 10.9. The first kappa shape index (κ1) is 12.5. The minimum absolute atomic E-state index is 0.0208. The van der Waals surface area contributed by atoms with E-state index in [1.807, 2.05) is 17.2 Å². The van der Waals surface area contributed by atoms with Crippen molar-refractivity contribution in [1.29, 1.82) is 0 Å². The Morgan fingerprint density at radius 2 is 2.47 bits per heavy atom. The molecule has 1 atom stereocenters. The molecule has 0 saturated carbocycles. The second kappa shape index (κ2) is 5.60. The molecule has 0 bridgehead atoms. The van der Waals surface area contributed by atoms with Gasteiger partial charge in [0.05, 0.1) is 5.01 Å². The third-order valence-corrected chi connectivity index (χ3v) is 3.96. The molecule has 1 amide bonds. The van der Waals surface area contributed by atoms with Crippen molar-refractivity contribution in [1.82, 2.24) is 9.88 Å². The van der Waals surface area contributed by atoms with Crippen LogP contribution in [0.3, 0.4) is 0 Å². The molecule has 0 radical (unpaired) electrons. The van der Waals surface area contributed by atoms with Gasteiger partial charge in [-0.15, -0.1) is 11.3 Å². The molecule has 1 aliphatic heterocycles. The second-order valence-electron chi connectivity index (χ2n) is 4.41. The maximum absolute atomic E-state index is 12.3. The lowest BCUT2D eigenvalue weighted by atomic mass is 9.99. The lowest BCUT2D eigenvalue weighted by Crippen LogP contribution is -2.44. The van der Waals surface area contributed by atoms with Gasteiger partial charge in [0.25, 0.3) is 5.91 Å². The first-order valence-corrected chi connectivity index (χ1v) is 6.94. The summed E-state index contributed by atoms with van der Waals surface area (Å²) < 4.78 is 0. The number of nitrogens with zero attached hydrogens (tertiary/aromatic N) is 2. The van der Waals surface area contributed by atoms with E-state index in [-0.39, 0.29) is 18.6 Å². The van der Waals surface area contributed by atoms with Gasteiger partial charge in [0.15, 0.2) is 0 Å². The highest BCUT2D eigenvalue weighted by Gasteiger charge is 2.28. The van der Waals surface area contributed by atoms with E-state index in [0.29, 0.717) is 12.1 Å². The summed E-state index contributed by atoms with van der Waals surface area (Å²) in [4.78, 5) is 18.4. The Hall–Kier alpha value is -0.940. The Kier molecular flexibility index (Phi) is 4.12. The number of aromatic nitrogens is 1. The number of hydrogen-bond acceptors (Lipinski definition) is 4. The van der Waals surface area contributed by atoms with Gasteiger partial charge in [-0.25, -0.2) is 4.98 Å². The number of rotatable bonds is 3. The highest BCUT2D eigenvalue weighted by molar-refractivity contribution is 7.09. The average Bonchev–Trinajstić information content (AvgIpc) is 2.76. The van der Waals surface area contributed by atoms with Crippen molar-refractivity contribution in [2.24, 2.45) is 0 Å². The van der Waals surface area contributed by atoms with E-state index in [2.05, 4.69) is 4.98 Å². The molecule has 1 N–H and O–H groups in total. The van der Waals surface area contributed by atoms with Crippen LogP contribution in [-0.4, -0.2) is 40.1 Å². The van der Waals surface area contributed by atoms with Crippen LogP contribution in [0.4, 0.5) is 0 Å². The maximum atomic E-state index is 12.3. The highest BCUT2D eigenvalue weighted by Crippen LogP contribution is 2.22. The van der Waals surface area contributed by atoms with Gasteiger partial charge >= 0.3 is 0 Å². The molecule has 94 valence electrons. The fraction of sp³-hybridized carbons (Fsp3) is 0.667. The van der Waals surface area contributed by atoms with Gasteiger partial charge in [-0.3, -0.25) is 4.79 Å². The number of aliphatic hydroxyl groups is 1. The van der Waals surface area contributed by atoms with Crippen LogP contribution in [0, 0.1) is 6.92 Å². The Labute approximate surface area is 105 Å². The summed E-state index contributed by atoms with van der Waals surface area (Å²) in [5.74, 6) is 0.0208. The number of thiazole rings is 1. The van der Waals surface area contributed by atoms with Crippen molar-refractivity contribution in [2.45, 2.75) is 38.6 Å². The maximum Gasteiger partial charge on any atom is 0.273 e. The molecule has 4 nitrogen and oxygen atoms in total. The molecule has 1 fully saturated rings. The number of piperidine rings is 1. The van der Waals surface area contributed by atoms with E-state index in [4.69, 9.17) is 5.11 Å². The summed E-state index contributed by atoms with van der Waals surface area (Å²) in [5, 5.41) is 11.8. The van der Waals surface area contributed by atoms with Crippen LogP contribution in [0.5, 0.6) is 0 Å². The summed E-state index contributed by atoms with van der Waals surface area (Å²) in [5.41, 5.74) is 0.553. The monoisotopic (exact) mass is 254 g/mol. The lowest BCUT2D eigenvalue weighted by molar-refractivity contribution is 0.0569. The molecule has 2 rings (SSSR count). The van der Waals surface area contributed by atoms with Crippen LogP contribution in [0.15, 0.2) is 5.38 Å². The van der Waals surface area contributed by atoms with E-state index in [1.165, 1.54) is 11.3 Å². The molecule has 1 aliphatic rings. The summed E-state index contributed by atoms with van der Waals surface area (Å²) in [6.07, 6.45) is 3.87. The molecule has 1 unspecified atom stereocenters. The van der Waals surface area contributed by atoms with Crippen molar-refractivity contribution in [3.05, 3.63) is 16.1 Å². The van der Waals surface area contributed by atoms with Gasteiger partial charge in [0, 0.05) is 24.6 Å². The summed E-state index contributed by atoms with van der Waals surface area (Å²) in [6.45, 7) is 2.84. The minimum Gasteiger partial charge on any atom is -0.396 e. The van der Waals surface area contributed by atoms with Crippen LogP contribution >= 0.6 is 11.3 Å². The third-order valence-electron chi connectivity index (χ3n) is 3.19. The standard InChI is InChI=1S/C12H18N2O2S/c1-9-13-11(8-17-9)12(16)14-6-3-2-4-10(14)5-7-15/h8,10,15H,2-7H2,1H3. The predicted molar refractivity (Wildman–Crippen MR) is 67.2 cm³/mol. The van der Waals surface area contributed by atoms with E-state index in [0.717, 1.165) is 30.8 Å². The molecule has 0 aromatic carbocycles. The predicted octanol–water partition coefficient (Wildman–Crippen LogP) is 1.83. The zero-order valence-electron chi connectivity index (χ0n) is 10.1. The van der Waals surface area contributed by atoms with E-state index in [9.17, 15) is 4.79 Å². The minimum atomic E-state index is 0.0208. The first-order valence-electron chi connectivity index (χ1n) is 6.06. The van der Waals surface area contributed by atoms with Crippen LogP contribution in [0.2, 0.25) is 0 Å². The normalized spacial score (nSPS) is 20.6. The fourth-order valence-electron chi connectivity index (χ4n) is 2.33. The van der Waals surface area contributed by atoms with Crippen LogP contribution in [0.1, 0.15) is 41.2 Å². The Balaban J connectivity index is 2.10. The largest absolute Gasteiger partial charge is 0.396 e. The Bertz CT molecular complexity index is 390. The number of likely N-dealkylation sites (tertiary alicyclic amines) is 1. The average molecular weight is 254 g/mol. The molecule has 1 aromatic rings. The van der Waals surface area contributed by atoms with Crippen molar-refractivity contribution >= 4 is 17.2 Å². The fourth-order valence-corrected chi connectivity index (χ4v) is 2.91. The molecule has 2 heterocycles. The van der Waals surface area contributed by atoms with Crippen molar-refractivity contribution in [2.75, 3.05) is 13.2 Å². The zero-order chi connectivity index (χ0) is 12.3. The molecule has 5 heteroatoms. The topological polar surface area (TPSA) is 53.4 Å². The number of carbonyl (C=O) groups is 1. The second-order valence-corrected chi connectivity index (χ2v) is 5.47. The summed E-state index contributed by atoms with van der Waals surface area (Å²) >= 11 is 1.50. The summed E-state index contributed by atoms with van der Waals surface area (Å²) in [7, 11) is 0. The molecule has 1 aromatic heterocycles. The SMILES string of the molecule is Cc1nc(C(=O)N2CCCCC2CCO)cs1.